The Hall–Kier alpha value is -2.99. The predicted molar refractivity (Wildman–Crippen MR) is 120 cm³/mol. The predicted octanol–water partition coefficient (Wildman–Crippen LogP) is 6.34. The molecule has 6 heteroatoms. The van der Waals surface area contributed by atoms with Gasteiger partial charge in [-0.3, -0.25) is 0 Å². The van der Waals surface area contributed by atoms with Crippen LogP contribution in [0.3, 0.4) is 0 Å². The Morgan fingerprint density at radius 2 is 1.38 bits per heavy atom. The number of benzene rings is 3. The van der Waals surface area contributed by atoms with Crippen LogP contribution in [0.1, 0.15) is 29.9 Å². The Kier molecular flexibility index (Phi) is 6.42. The Morgan fingerprint density at radius 1 is 0.781 bits per heavy atom. The van der Waals surface area contributed by atoms with E-state index in [-0.39, 0.29) is 28.7 Å². The van der Waals surface area contributed by atoms with Gasteiger partial charge in [0, 0.05) is 5.92 Å². The first kappa shape index (κ1) is 22.2. The van der Waals surface area contributed by atoms with Gasteiger partial charge in [0.1, 0.15) is 0 Å². The number of hydrogen-bond acceptors (Lipinski definition) is 1. The third-order valence-corrected chi connectivity index (χ3v) is 5.92. The van der Waals surface area contributed by atoms with Crippen LogP contribution in [0.25, 0.3) is 22.3 Å². The molecular weight excluding hydrogens is 415 g/mol. The molecule has 3 aromatic carbocycles. The van der Waals surface area contributed by atoms with Gasteiger partial charge in [-0.25, -0.2) is 4.39 Å². The second-order valence-electron chi connectivity index (χ2n) is 7.79. The van der Waals surface area contributed by atoms with Crippen LogP contribution in [-0.2, 0) is 4.74 Å². The fourth-order valence-corrected chi connectivity index (χ4v) is 4.05. The average molecular weight is 435 g/mol. The van der Waals surface area contributed by atoms with Crippen LogP contribution in [0.15, 0.2) is 61.2 Å². The minimum atomic E-state index is -1.04. The van der Waals surface area contributed by atoms with Crippen molar-refractivity contribution in [3.8, 4) is 22.3 Å². The van der Waals surface area contributed by atoms with Crippen LogP contribution in [0.4, 0.5) is 17.6 Å². The first-order valence-electron chi connectivity index (χ1n) is 10.3. The number of ether oxygens (including phenoxy) is 1. The standard InChI is InChI=1S/C26H20BF4O/c1-2-19-9-7-18(14-32-19)22-12-11-21(25(30)26(22)31)16-5-3-15(4-6-16)20-10-8-17(13-27)23(28)24(20)29/h2-6,8,10-13,18-19H,1,7,9,14H2. The van der Waals surface area contributed by atoms with Crippen molar-refractivity contribution < 1.29 is 22.3 Å². The summed E-state index contributed by atoms with van der Waals surface area (Å²) in [6.45, 7) is 4.01. The molecule has 4 rings (SSSR count). The van der Waals surface area contributed by atoms with Crippen LogP contribution < -0.4 is 0 Å². The van der Waals surface area contributed by atoms with E-state index in [1.54, 1.807) is 24.3 Å². The van der Waals surface area contributed by atoms with Gasteiger partial charge in [0.05, 0.1) is 12.7 Å². The number of rotatable bonds is 5. The molecule has 32 heavy (non-hydrogen) atoms. The quantitative estimate of drug-likeness (QED) is 0.258. The van der Waals surface area contributed by atoms with Crippen molar-refractivity contribution in [1.82, 2.24) is 0 Å². The third-order valence-electron chi connectivity index (χ3n) is 5.92. The van der Waals surface area contributed by atoms with E-state index in [1.165, 1.54) is 30.3 Å². The average Bonchev–Trinajstić information content (AvgIpc) is 2.83. The summed E-state index contributed by atoms with van der Waals surface area (Å²) in [5.74, 6) is -3.12. The molecule has 0 aromatic heterocycles. The van der Waals surface area contributed by atoms with Gasteiger partial charge in [0.25, 0.3) is 0 Å². The third kappa shape index (κ3) is 4.07. The van der Waals surface area contributed by atoms with Crippen molar-refractivity contribution in [3.05, 3.63) is 95.6 Å². The normalized spacial score (nSPS) is 18.3. The molecule has 2 unspecified atom stereocenters. The molecule has 3 aromatic rings. The van der Waals surface area contributed by atoms with E-state index in [0.717, 1.165) is 5.97 Å². The van der Waals surface area contributed by atoms with Crippen LogP contribution >= 0.6 is 0 Å². The fourth-order valence-electron chi connectivity index (χ4n) is 4.05. The molecule has 0 spiro atoms. The van der Waals surface area contributed by atoms with Crippen molar-refractivity contribution in [2.24, 2.45) is 0 Å². The molecule has 1 nitrogen and oxygen atoms in total. The van der Waals surface area contributed by atoms with Gasteiger partial charge in [-0.05, 0) is 18.4 Å². The molecule has 0 aliphatic carbocycles. The molecule has 0 amide bonds. The summed E-state index contributed by atoms with van der Waals surface area (Å²) in [6.07, 6.45) is 3.05. The maximum atomic E-state index is 14.9. The number of halogens is 4. The molecule has 1 radical (unpaired) electrons. The Bertz CT molecular complexity index is 1170. The second kappa shape index (κ2) is 9.25. The molecule has 161 valence electrons. The summed E-state index contributed by atoms with van der Waals surface area (Å²) in [4.78, 5) is 0. The van der Waals surface area contributed by atoms with Crippen molar-refractivity contribution in [2.75, 3.05) is 6.61 Å². The Morgan fingerprint density at radius 3 is 1.91 bits per heavy atom. The summed E-state index contributed by atoms with van der Waals surface area (Å²) in [7, 11) is 5.28. The summed E-state index contributed by atoms with van der Waals surface area (Å²) in [5, 5.41) is 0. The zero-order valence-corrected chi connectivity index (χ0v) is 17.3. The Labute approximate surface area is 185 Å². The van der Waals surface area contributed by atoms with Gasteiger partial charge in [-0.15, -0.1) is 6.58 Å². The minimum absolute atomic E-state index is 0.0381. The van der Waals surface area contributed by atoms with Gasteiger partial charge in [-0.2, -0.15) is 0 Å². The molecule has 0 N–H and O–H groups in total. The first-order chi connectivity index (χ1) is 15.4. The van der Waals surface area contributed by atoms with Crippen LogP contribution in [0.5, 0.6) is 0 Å². The molecule has 1 aliphatic rings. The fraction of sp³-hybridized carbons (Fsp3) is 0.192. The molecule has 1 heterocycles. The van der Waals surface area contributed by atoms with Crippen molar-refractivity contribution in [1.29, 1.82) is 0 Å². The number of hydrogen-bond donors (Lipinski definition) is 0. The van der Waals surface area contributed by atoms with Gasteiger partial charge >= 0.3 is 126 Å². The Balaban J connectivity index is 1.61. The van der Waals surface area contributed by atoms with Crippen LogP contribution in [-0.4, -0.2) is 26.2 Å². The monoisotopic (exact) mass is 435 g/mol. The van der Waals surface area contributed by atoms with E-state index >= 15 is 0 Å². The summed E-state index contributed by atoms with van der Waals surface area (Å²) < 4.78 is 63.8. The SMILES string of the molecule is [B]=Cc1ccc(-c2ccc(-c3ccc(C4CCC(C=C)OC4)c(F)c3F)cc2)c(F)c1F. The van der Waals surface area contributed by atoms with Crippen LogP contribution in [0, 0.1) is 23.3 Å². The maximum absolute atomic E-state index is 14.9. The van der Waals surface area contributed by atoms with Gasteiger partial charge in [-0.1, -0.05) is 6.08 Å². The van der Waals surface area contributed by atoms with E-state index in [9.17, 15) is 17.6 Å². The van der Waals surface area contributed by atoms with Crippen molar-refractivity contribution in [3.63, 3.8) is 0 Å². The van der Waals surface area contributed by atoms with Crippen molar-refractivity contribution in [2.45, 2.75) is 24.9 Å². The molecule has 0 bridgehead atoms. The van der Waals surface area contributed by atoms with E-state index in [1.807, 2.05) is 0 Å². The van der Waals surface area contributed by atoms with E-state index < -0.39 is 23.3 Å². The van der Waals surface area contributed by atoms with E-state index in [4.69, 9.17) is 12.2 Å². The van der Waals surface area contributed by atoms with Gasteiger partial charge < -0.3 is 4.74 Å². The van der Waals surface area contributed by atoms with E-state index in [0.29, 0.717) is 36.1 Å². The molecular formula is C26H20BF4O. The summed E-state index contributed by atoms with van der Waals surface area (Å²) >= 11 is 0. The van der Waals surface area contributed by atoms with Gasteiger partial charge in [0.15, 0.2) is 0 Å². The molecule has 0 saturated carbocycles. The molecule has 1 aliphatic heterocycles. The van der Waals surface area contributed by atoms with Crippen LogP contribution in [0.2, 0.25) is 0 Å². The first-order valence-corrected chi connectivity index (χ1v) is 10.3. The van der Waals surface area contributed by atoms with Crippen molar-refractivity contribution >= 4 is 13.5 Å². The zero-order valence-electron chi connectivity index (χ0n) is 17.3. The molecule has 1 saturated heterocycles. The van der Waals surface area contributed by atoms with E-state index in [2.05, 4.69) is 6.58 Å². The summed E-state index contributed by atoms with van der Waals surface area (Å²) in [6, 6.07) is 12.1. The topological polar surface area (TPSA) is 9.23 Å². The van der Waals surface area contributed by atoms with Gasteiger partial charge in [0.2, 0.25) is 0 Å². The summed E-state index contributed by atoms with van der Waals surface area (Å²) in [5.41, 5.74) is 1.23. The molecule has 2 atom stereocenters. The molecule has 1 fully saturated rings. The second-order valence-corrected chi connectivity index (χ2v) is 7.79. The zero-order chi connectivity index (χ0) is 22.8.